The van der Waals surface area contributed by atoms with Crippen LogP contribution in [-0.4, -0.2) is 69.6 Å². The number of rotatable bonds is 6. The summed E-state index contributed by atoms with van der Waals surface area (Å²) in [4.78, 5) is 15.3. The van der Waals surface area contributed by atoms with Crippen molar-refractivity contribution in [1.29, 1.82) is 0 Å². The Kier molecular flexibility index (Phi) is 6.91. The van der Waals surface area contributed by atoms with Gasteiger partial charge < -0.3 is 15.2 Å². The van der Waals surface area contributed by atoms with Crippen LogP contribution < -0.4 is 5.32 Å². The van der Waals surface area contributed by atoms with Gasteiger partial charge in [0.1, 0.15) is 11.9 Å². The number of likely N-dealkylation sites (tertiary alicyclic amines) is 1. The van der Waals surface area contributed by atoms with E-state index in [1.165, 1.54) is 0 Å². The fourth-order valence-electron chi connectivity index (χ4n) is 5.08. The molecule has 0 radical (unpaired) electrons. The molecule has 5 rings (SSSR count). The molecule has 2 aromatic heterocycles. The van der Waals surface area contributed by atoms with E-state index in [0.29, 0.717) is 38.1 Å². The van der Waals surface area contributed by atoms with E-state index in [1.54, 1.807) is 0 Å². The predicted octanol–water partition coefficient (Wildman–Crippen LogP) is 4.06. The number of hydrogen-bond donors (Lipinski definition) is 2. The maximum atomic E-state index is 14.9. The summed E-state index contributed by atoms with van der Waals surface area (Å²) in [5.41, 5.74) is 3.84. The molecule has 4 heterocycles. The second-order valence-corrected chi connectivity index (χ2v) is 9.78. The van der Waals surface area contributed by atoms with Crippen molar-refractivity contribution in [2.75, 3.05) is 31.6 Å². The van der Waals surface area contributed by atoms with Gasteiger partial charge in [0, 0.05) is 43.4 Å². The third-order valence-electron chi connectivity index (χ3n) is 6.84. The molecule has 9 heteroatoms. The topological polar surface area (TPSA) is 83.4 Å². The van der Waals surface area contributed by atoms with Gasteiger partial charge in [-0.25, -0.2) is 18.7 Å². The molecule has 0 unspecified atom stereocenters. The summed E-state index contributed by atoms with van der Waals surface area (Å²) in [6.45, 7) is 6.85. The molecule has 2 saturated heterocycles. The summed E-state index contributed by atoms with van der Waals surface area (Å²) in [5.74, 6) is -0.0566. The van der Waals surface area contributed by atoms with E-state index in [4.69, 9.17) is 4.74 Å². The average molecular weight is 484 g/mol. The van der Waals surface area contributed by atoms with Gasteiger partial charge in [-0.1, -0.05) is 19.9 Å². The fraction of sp³-hybridized carbons (Fsp3) is 0.500. The van der Waals surface area contributed by atoms with Gasteiger partial charge in [-0.3, -0.25) is 9.88 Å². The van der Waals surface area contributed by atoms with Crippen molar-refractivity contribution < 1.29 is 18.6 Å². The van der Waals surface area contributed by atoms with Crippen LogP contribution in [0.2, 0.25) is 0 Å². The molecule has 2 N–H and O–H groups in total. The molecule has 1 aromatic carbocycles. The Bertz CT molecular complexity index is 1210. The SMILES string of the molecule is CC(C)c1c(CN2CC[C@H](F)C2)cnc2ccc(-c3nc(N[C@@H]4CCOC[C@H]4O)ncc3F)cc12. The Morgan fingerprint density at radius 3 is 2.83 bits per heavy atom. The average Bonchev–Trinajstić information content (AvgIpc) is 3.25. The van der Waals surface area contributed by atoms with E-state index in [2.05, 4.69) is 39.0 Å². The summed E-state index contributed by atoms with van der Waals surface area (Å²) >= 11 is 0. The van der Waals surface area contributed by atoms with Crippen molar-refractivity contribution in [2.45, 2.75) is 57.5 Å². The number of aromatic nitrogens is 3. The van der Waals surface area contributed by atoms with Crippen molar-refractivity contribution in [2.24, 2.45) is 0 Å². The lowest BCUT2D eigenvalue weighted by Gasteiger charge is -2.28. The highest BCUT2D eigenvalue weighted by Gasteiger charge is 2.26. The van der Waals surface area contributed by atoms with E-state index in [0.717, 1.165) is 34.8 Å². The van der Waals surface area contributed by atoms with Crippen LogP contribution in [-0.2, 0) is 11.3 Å². The third-order valence-corrected chi connectivity index (χ3v) is 6.84. The Hall–Kier alpha value is -2.75. The lowest BCUT2D eigenvalue weighted by molar-refractivity contribution is -0.0136. The number of aliphatic hydroxyl groups is 1. The minimum absolute atomic E-state index is 0.186. The smallest absolute Gasteiger partial charge is 0.223 e. The minimum Gasteiger partial charge on any atom is -0.389 e. The van der Waals surface area contributed by atoms with E-state index >= 15 is 0 Å². The van der Waals surface area contributed by atoms with Gasteiger partial charge in [0.2, 0.25) is 5.95 Å². The number of aliphatic hydroxyl groups excluding tert-OH is 1. The number of hydrogen-bond acceptors (Lipinski definition) is 7. The molecule has 0 spiro atoms. The number of halogens is 2. The molecule has 0 bridgehead atoms. The summed E-state index contributed by atoms with van der Waals surface area (Å²) in [6, 6.07) is 5.37. The zero-order valence-corrected chi connectivity index (χ0v) is 20.0. The molecule has 3 atom stereocenters. The van der Waals surface area contributed by atoms with Gasteiger partial charge >= 0.3 is 0 Å². The third kappa shape index (κ3) is 5.12. The van der Waals surface area contributed by atoms with Crippen molar-refractivity contribution in [3.05, 3.63) is 47.5 Å². The first kappa shape index (κ1) is 24.0. The molecule has 2 fully saturated rings. The van der Waals surface area contributed by atoms with Crippen LogP contribution in [0, 0.1) is 5.82 Å². The standard InChI is InChI=1S/C26H31F2N5O2/c1-15(2)24-17(12-33-7-5-18(27)13-33)10-29-21-4-3-16(9-19(21)24)25-20(28)11-30-26(32-25)31-22-6-8-35-14-23(22)34/h3-4,9-11,15,18,22-23,34H,5-8,12-14H2,1-2H3,(H,30,31,32)/t18-,22+,23+/m0/s1. The second kappa shape index (κ2) is 10.1. The Balaban J connectivity index is 1.50. The number of alkyl halides is 1. The molecule has 2 aliphatic rings. The number of fused-ring (bicyclic) bond motifs is 1. The molecule has 2 aliphatic heterocycles. The number of ether oxygens (including phenoxy) is 1. The Morgan fingerprint density at radius 1 is 1.23 bits per heavy atom. The number of pyridine rings is 1. The number of anilines is 1. The largest absolute Gasteiger partial charge is 0.389 e. The first-order valence-corrected chi connectivity index (χ1v) is 12.2. The van der Waals surface area contributed by atoms with Crippen LogP contribution in [0.4, 0.5) is 14.7 Å². The highest BCUT2D eigenvalue weighted by Crippen LogP contribution is 2.33. The minimum atomic E-state index is -0.775. The van der Waals surface area contributed by atoms with Gasteiger partial charge in [0.25, 0.3) is 0 Å². The predicted molar refractivity (Wildman–Crippen MR) is 130 cm³/mol. The first-order chi connectivity index (χ1) is 16.9. The van der Waals surface area contributed by atoms with Crippen LogP contribution in [0.25, 0.3) is 22.2 Å². The molecule has 0 saturated carbocycles. The number of nitrogens with zero attached hydrogens (tertiary/aromatic N) is 4. The van der Waals surface area contributed by atoms with E-state index in [-0.39, 0.29) is 30.2 Å². The van der Waals surface area contributed by atoms with Crippen LogP contribution in [0.15, 0.2) is 30.6 Å². The number of benzene rings is 1. The van der Waals surface area contributed by atoms with Crippen LogP contribution in [0.1, 0.15) is 43.7 Å². The van der Waals surface area contributed by atoms with Crippen LogP contribution in [0.5, 0.6) is 0 Å². The fourth-order valence-corrected chi connectivity index (χ4v) is 5.08. The van der Waals surface area contributed by atoms with Crippen molar-refractivity contribution in [3.63, 3.8) is 0 Å². The van der Waals surface area contributed by atoms with Gasteiger partial charge in [0.15, 0.2) is 5.82 Å². The monoisotopic (exact) mass is 483 g/mol. The van der Waals surface area contributed by atoms with Gasteiger partial charge in [-0.05, 0) is 42.0 Å². The number of nitrogens with one attached hydrogen (secondary N) is 1. The lowest BCUT2D eigenvalue weighted by Crippen LogP contribution is -2.42. The lowest BCUT2D eigenvalue weighted by atomic mass is 9.92. The normalized spacial score (nSPS) is 23.3. The zero-order valence-electron chi connectivity index (χ0n) is 20.0. The maximum absolute atomic E-state index is 14.9. The molecule has 35 heavy (non-hydrogen) atoms. The molecule has 0 amide bonds. The first-order valence-electron chi connectivity index (χ1n) is 12.2. The van der Waals surface area contributed by atoms with E-state index in [1.807, 2.05) is 24.4 Å². The molecule has 186 valence electrons. The van der Waals surface area contributed by atoms with Crippen LogP contribution in [0.3, 0.4) is 0 Å². The second-order valence-electron chi connectivity index (χ2n) is 9.78. The highest BCUT2D eigenvalue weighted by molar-refractivity contribution is 5.88. The van der Waals surface area contributed by atoms with Gasteiger partial charge in [-0.15, -0.1) is 0 Å². The van der Waals surface area contributed by atoms with Crippen molar-refractivity contribution in [1.82, 2.24) is 19.9 Å². The maximum Gasteiger partial charge on any atom is 0.223 e. The molecular formula is C26H31F2N5O2. The summed E-state index contributed by atoms with van der Waals surface area (Å²) < 4.78 is 33.9. The quantitative estimate of drug-likeness (QED) is 0.547. The summed E-state index contributed by atoms with van der Waals surface area (Å²) in [7, 11) is 0. The van der Waals surface area contributed by atoms with E-state index in [9.17, 15) is 13.9 Å². The highest BCUT2D eigenvalue weighted by atomic mass is 19.1. The van der Waals surface area contributed by atoms with Gasteiger partial charge in [-0.2, -0.15) is 0 Å². The van der Waals surface area contributed by atoms with Gasteiger partial charge in [0.05, 0.1) is 30.5 Å². The zero-order chi connectivity index (χ0) is 24.5. The van der Waals surface area contributed by atoms with E-state index < -0.39 is 18.1 Å². The summed E-state index contributed by atoms with van der Waals surface area (Å²) in [6.07, 6.45) is 2.76. The van der Waals surface area contributed by atoms with Crippen LogP contribution >= 0.6 is 0 Å². The van der Waals surface area contributed by atoms with Crippen molar-refractivity contribution >= 4 is 16.9 Å². The Labute approximate surface area is 203 Å². The molecular weight excluding hydrogens is 452 g/mol. The Morgan fingerprint density at radius 2 is 2.09 bits per heavy atom. The molecule has 0 aliphatic carbocycles. The van der Waals surface area contributed by atoms with Crippen molar-refractivity contribution in [3.8, 4) is 11.3 Å². The summed E-state index contributed by atoms with van der Waals surface area (Å²) in [5, 5.41) is 14.2. The molecule has 7 nitrogen and oxygen atoms in total. The molecule has 3 aromatic rings.